The van der Waals surface area contributed by atoms with Crippen molar-refractivity contribution in [2.24, 2.45) is 0 Å². The predicted octanol–water partition coefficient (Wildman–Crippen LogP) is 5.23. The van der Waals surface area contributed by atoms with E-state index in [4.69, 9.17) is 0 Å². The lowest BCUT2D eigenvalue weighted by atomic mass is 10.1. The molecule has 1 aromatic heterocycles. The quantitative estimate of drug-likeness (QED) is 0.392. The van der Waals surface area contributed by atoms with Gasteiger partial charge in [0.05, 0.1) is 21.7 Å². The molecule has 0 aliphatic rings. The minimum Gasteiger partial charge on any atom is -0.283 e. The summed E-state index contributed by atoms with van der Waals surface area (Å²) < 4.78 is 26.8. The number of rotatable bonds is 6. The summed E-state index contributed by atoms with van der Waals surface area (Å²) in [4.78, 5) is 19.6. The standard InChI is InChI=1S/C25H24N2O3S2/c1-17-9-11-21(12-10-17)32(29,30)16-24(28)27(15-20-7-5-4-6-8-20)25-26-22-13-18(2)19(3)14-23(22)31-25/h4-14H,15-16H2,1-3H3. The van der Waals surface area contributed by atoms with Crippen LogP contribution in [-0.4, -0.2) is 25.1 Å². The number of sulfone groups is 1. The summed E-state index contributed by atoms with van der Waals surface area (Å²) in [5.74, 6) is -1.11. The van der Waals surface area contributed by atoms with Crippen LogP contribution in [-0.2, 0) is 21.2 Å². The first-order chi connectivity index (χ1) is 15.2. The van der Waals surface area contributed by atoms with Crippen molar-refractivity contribution in [2.75, 3.05) is 10.7 Å². The lowest BCUT2D eigenvalue weighted by molar-refractivity contribution is -0.116. The number of fused-ring (bicyclic) bond motifs is 1. The van der Waals surface area contributed by atoms with Gasteiger partial charge in [-0.1, -0.05) is 59.4 Å². The Kier molecular flexibility index (Phi) is 6.13. The smallest absolute Gasteiger partial charge is 0.244 e. The summed E-state index contributed by atoms with van der Waals surface area (Å²) in [6.07, 6.45) is 0. The lowest BCUT2D eigenvalue weighted by Crippen LogP contribution is -2.35. The molecule has 1 heterocycles. The maximum Gasteiger partial charge on any atom is 0.244 e. The van der Waals surface area contributed by atoms with Gasteiger partial charge in [-0.2, -0.15) is 0 Å². The highest BCUT2D eigenvalue weighted by atomic mass is 32.2. The molecule has 4 rings (SSSR count). The number of hydrogen-bond acceptors (Lipinski definition) is 5. The zero-order valence-corrected chi connectivity index (χ0v) is 19.8. The number of carbonyl (C=O) groups excluding carboxylic acids is 1. The van der Waals surface area contributed by atoms with E-state index in [1.807, 2.05) is 57.2 Å². The summed E-state index contributed by atoms with van der Waals surface area (Å²) >= 11 is 1.40. The Morgan fingerprint density at radius 3 is 2.28 bits per heavy atom. The Hall–Kier alpha value is -3.03. The van der Waals surface area contributed by atoms with Crippen molar-refractivity contribution < 1.29 is 13.2 Å². The number of anilines is 1. The van der Waals surface area contributed by atoms with Crippen LogP contribution in [0.25, 0.3) is 10.2 Å². The van der Waals surface area contributed by atoms with Crippen molar-refractivity contribution in [1.29, 1.82) is 0 Å². The van der Waals surface area contributed by atoms with Gasteiger partial charge >= 0.3 is 0 Å². The first-order valence-electron chi connectivity index (χ1n) is 10.2. The van der Waals surface area contributed by atoms with Gasteiger partial charge in [-0.25, -0.2) is 13.4 Å². The van der Waals surface area contributed by atoms with E-state index in [0.717, 1.165) is 32.5 Å². The maximum atomic E-state index is 13.3. The molecule has 0 saturated heterocycles. The van der Waals surface area contributed by atoms with Crippen LogP contribution < -0.4 is 4.90 Å². The maximum absolute atomic E-state index is 13.3. The van der Waals surface area contributed by atoms with Gasteiger partial charge in [-0.15, -0.1) is 0 Å². The molecule has 0 spiro atoms. The van der Waals surface area contributed by atoms with Crippen molar-refractivity contribution in [3.63, 3.8) is 0 Å². The number of hydrogen-bond donors (Lipinski definition) is 0. The van der Waals surface area contributed by atoms with Crippen LogP contribution in [0.2, 0.25) is 0 Å². The lowest BCUT2D eigenvalue weighted by Gasteiger charge is -2.20. The van der Waals surface area contributed by atoms with Crippen LogP contribution in [0.4, 0.5) is 5.13 Å². The number of aryl methyl sites for hydroxylation is 3. The monoisotopic (exact) mass is 464 g/mol. The van der Waals surface area contributed by atoms with Gasteiger partial charge in [0.25, 0.3) is 0 Å². The van der Waals surface area contributed by atoms with E-state index in [-0.39, 0.29) is 11.4 Å². The van der Waals surface area contributed by atoms with Crippen molar-refractivity contribution >= 4 is 42.4 Å². The second kappa shape index (κ2) is 8.84. The summed E-state index contributed by atoms with van der Waals surface area (Å²) in [7, 11) is -3.78. The molecule has 0 fully saturated rings. The first kappa shape index (κ1) is 22.2. The van der Waals surface area contributed by atoms with Gasteiger partial charge in [0.1, 0.15) is 5.75 Å². The third-order valence-corrected chi connectivity index (χ3v) is 8.06. The van der Waals surface area contributed by atoms with E-state index >= 15 is 0 Å². The van der Waals surface area contributed by atoms with Crippen LogP contribution in [0.3, 0.4) is 0 Å². The largest absolute Gasteiger partial charge is 0.283 e. The number of thiazole rings is 1. The zero-order valence-electron chi connectivity index (χ0n) is 18.2. The number of nitrogens with zero attached hydrogens (tertiary/aromatic N) is 2. The van der Waals surface area contributed by atoms with Gasteiger partial charge in [-0.05, 0) is 61.7 Å². The Morgan fingerprint density at radius 1 is 0.938 bits per heavy atom. The molecule has 0 N–H and O–H groups in total. The minimum absolute atomic E-state index is 0.145. The molecule has 164 valence electrons. The topological polar surface area (TPSA) is 67.3 Å². The SMILES string of the molecule is Cc1ccc(S(=O)(=O)CC(=O)N(Cc2ccccc2)c2nc3cc(C)c(C)cc3s2)cc1. The normalized spacial score (nSPS) is 11.6. The van der Waals surface area contributed by atoms with Crippen LogP contribution in [0.1, 0.15) is 22.3 Å². The van der Waals surface area contributed by atoms with Gasteiger partial charge in [-0.3, -0.25) is 9.69 Å². The highest BCUT2D eigenvalue weighted by molar-refractivity contribution is 7.92. The predicted molar refractivity (Wildman–Crippen MR) is 130 cm³/mol. The molecule has 1 amide bonds. The van der Waals surface area contributed by atoms with E-state index in [1.54, 1.807) is 24.3 Å². The molecule has 3 aromatic carbocycles. The van der Waals surface area contributed by atoms with Crippen molar-refractivity contribution in [2.45, 2.75) is 32.2 Å². The Morgan fingerprint density at radius 2 is 1.59 bits per heavy atom. The Labute approximate surface area is 192 Å². The zero-order chi connectivity index (χ0) is 22.9. The van der Waals surface area contributed by atoms with Gasteiger partial charge < -0.3 is 0 Å². The van der Waals surface area contributed by atoms with Crippen LogP contribution in [0.5, 0.6) is 0 Å². The van der Waals surface area contributed by atoms with E-state index in [1.165, 1.54) is 16.2 Å². The van der Waals surface area contributed by atoms with Crippen LogP contribution >= 0.6 is 11.3 Å². The number of amides is 1. The summed E-state index contributed by atoms with van der Waals surface area (Å²) in [6, 6.07) is 20.1. The average molecular weight is 465 g/mol. The van der Waals surface area contributed by atoms with Gasteiger partial charge in [0.2, 0.25) is 5.91 Å². The van der Waals surface area contributed by atoms with E-state index < -0.39 is 21.5 Å². The van der Waals surface area contributed by atoms with E-state index in [2.05, 4.69) is 11.1 Å². The third-order valence-electron chi connectivity index (χ3n) is 5.40. The number of benzene rings is 3. The summed E-state index contributed by atoms with van der Waals surface area (Å²) in [5, 5.41) is 0.498. The van der Waals surface area contributed by atoms with Crippen molar-refractivity contribution in [3.05, 3.63) is 89.0 Å². The Bertz CT molecular complexity index is 1340. The molecule has 5 nitrogen and oxygen atoms in total. The molecule has 4 aromatic rings. The molecule has 0 aliphatic carbocycles. The second-order valence-corrected chi connectivity index (χ2v) is 10.9. The van der Waals surface area contributed by atoms with Crippen molar-refractivity contribution in [1.82, 2.24) is 4.98 Å². The molecular weight excluding hydrogens is 440 g/mol. The van der Waals surface area contributed by atoms with Gasteiger partial charge in [0.15, 0.2) is 15.0 Å². The molecule has 0 unspecified atom stereocenters. The van der Waals surface area contributed by atoms with Gasteiger partial charge in [0, 0.05) is 0 Å². The van der Waals surface area contributed by atoms with Crippen LogP contribution in [0, 0.1) is 20.8 Å². The molecule has 7 heteroatoms. The Balaban J connectivity index is 1.70. The minimum atomic E-state index is -3.78. The second-order valence-electron chi connectivity index (χ2n) is 7.94. The van der Waals surface area contributed by atoms with E-state index in [0.29, 0.717) is 5.13 Å². The summed E-state index contributed by atoms with van der Waals surface area (Å²) in [6.45, 7) is 6.20. The van der Waals surface area contributed by atoms with Crippen LogP contribution in [0.15, 0.2) is 71.6 Å². The molecule has 32 heavy (non-hydrogen) atoms. The van der Waals surface area contributed by atoms with E-state index in [9.17, 15) is 13.2 Å². The highest BCUT2D eigenvalue weighted by Crippen LogP contribution is 2.32. The fourth-order valence-corrected chi connectivity index (χ4v) is 5.64. The molecular formula is C25H24N2O3S2. The average Bonchev–Trinajstić information content (AvgIpc) is 3.15. The third kappa shape index (κ3) is 4.74. The molecule has 0 aliphatic heterocycles. The van der Waals surface area contributed by atoms with Crippen molar-refractivity contribution in [3.8, 4) is 0 Å². The summed E-state index contributed by atoms with van der Waals surface area (Å²) in [5.41, 5.74) is 4.94. The number of aromatic nitrogens is 1. The molecule has 0 radical (unpaired) electrons. The fraction of sp³-hybridized carbons (Fsp3) is 0.200. The molecule has 0 atom stereocenters. The molecule has 0 saturated carbocycles. The number of carbonyl (C=O) groups is 1. The fourth-order valence-electron chi connectivity index (χ4n) is 3.38. The highest BCUT2D eigenvalue weighted by Gasteiger charge is 2.27. The molecule has 0 bridgehead atoms. The first-order valence-corrected chi connectivity index (χ1v) is 12.7.